The first kappa shape index (κ1) is 10.7. The first-order valence-corrected chi connectivity index (χ1v) is 3.67. The zero-order valence-electron chi connectivity index (χ0n) is 7.59. The molecule has 70 valence electrons. The van der Waals surface area contributed by atoms with Gasteiger partial charge in [0.15, 0.2) is 0 Å². The highest BCUT2D eigenvalue weighted by molar-refractivity contribution is 5.81. The molecule has 0 radical (unpaired) electrons. The molecule has 0 unspecified atom stereocenters. The van der Waals surface area contributed by atoms with Gasteiger partial charge in [0.2, 0.25) is 5.91 Å². The number of carbonyl (C=O) groups excluding carboxylic acids is 2. The number of carbonyl (C=O) groups is 2. The Morgan fingerprint density at radius 2 is 2.08 bits per heavy atom. The molecule has 0 fully saturated rings. The lowest BCUT2D eigenvalue weighted by atomic mass is 10.5. The topological polar surface area (TPSA) is 58.6 Å². The summed E-state index contributed by atoms with van der Waals surface area (Å²) in [6, 6.07) is 0. The molecule has 0 aliphatic rings. The van der Waals surface area contributed by atoms with Gasteiger partial charge in [-0.2, -0.15) is 0 Å². The Morgan fingerprint density at radius 1 is 1.50 bits per heavy atom. The Kier molecular flexibility index (Phi) is 4.83. The van der Waals surface area contributed by atoms with Crippen molar-refractivity contribution in [2.24, 2.45) is 0 Å². The van der Waals surface area contributed by atoms with Gasteiger partial charge >= 0.3 is 6.09 Å². The third-order valence-electron chi connectivity index (χ3n) is 1.47. The number of rotatable bonds is 3. The minimum Gasteiger partial charge on any atom is -0.453 e. The van der Waals surface area contributed by atoms with Crippen LogP contribution in [-0.2, 0) is 9.53 Å². The van der Waals surface area contributed by atoms with Gasteiger partial charge in [-0.3, -0.25) is 4.79 Å². The van der Waals surface area contributed by atoms with E-state index in [9.17, 15) is 9.59 Å². The van der Waals surface area contributed by atoms with Crippen LogP contribution >= 0.6 is 0 Å². The average Bonchev–Trinajstić information content (AvgIpc) is 2.11. The van der Waals surface area contributed by atoms with Crippen LogP contribution in [0.3, 0.4) is 0 Å². The second-order valence-corrected chi connectivity index (χ2v) is 2.25. The molecular weight excluding hydrogens is 160 g/mol. The predicted octanol–water partition coefficient (Wildman–Crippen LogP) is -0.179. The van der Waals surface area contributed by atoms with E-state index in [-0.39, 0.29) is 12.5 Å². The lowest BCUT2D eigenvalue weighted by Crippen LogP contribution is -2.37. The van der Waals surface area contributed by atoms with Crippen LogP contribution in [0.5, 0.6) is 0 Å². The first-order chi connectivity index (χ1) is 5.61. The van der Waals surface area contributed by atoms with Crippen LogP contribution in [0.2, 0.25) is 0 Å². The number of nitrogens with one attached hydrogen (secondary N) is 1. The van der Waals surface area contributed by atoms with Crippen LogP contribution in [0, 0.1) is 0 Å². The lowest BCUT2D eigenvalue weighted by molar-refractivity contribution is -0.128. The molecule has 0 saturated heterocycles. The van der Waals surface area contributed by atoms with E-state index in [4.69, 9.17) is 0 Å². The Labute approximate surface area is 71.7 Å². The van der Waals surface area contributed by atoms with Gasteiger partial charge in [-0.05, 0) is 6.92 Å². The minimum absolute atomic E-state index is 0.0169. The van der Waals surface area contributed by atoms with Gasteiger partial charge in [0.1, 0.15) is 6.54 Å². The molecule has 12 heavy (non-hydrogen) atoms. The zero-order chi connectivity index (χ0) is 9.56. The number of amides is 2. The molecule has 0 aromatic carbocycles. The molecule has 5 heteroatoms. The Morgan fingerprint density at radius 3 is 2.50 bits per heavy atom. The fraction of sp³-hybridized carbons (Fsp3) is 0.714. The summed E-state index contributed by atoms with van der Waals surface area (Å²) in [4.78, 5) is 23.1. The van der Waals surface area contributed by atoms with Crippen LogP contribution < -0.4 is 5.32 Å². The zero-order valence-corrected chi connectivity index (χ0v) is 7.59. The largest absolute Gasteiger partial charge is 0.453 e. The molecule has 0 spiro atoms. The SMILES string of the molecule is CCN(C)C(=O)CNC(=O)OC. The summed E-state index contributed by atoms with van der Waals surface area (Å²) in [6.07, 6.45) is -0.590. The Bertz CT molecular complexity index is 170. The second kappa shape index (κ2) is 5.40. The first-order valence-electron chi connectivity index (χ1n) is 3.67. The van der Waals surface area contributed by atoms with Gasteiger partial charge in [-0.25, -0.2) is 4.79 Å². The molecule has 0 aromatic rings. The number of hydrogen-bond acceptors (Lipinski definition) is 3. The molecule has 0 bridgehead atoms. The van der Waals surface area contributed by atoms with Crippen LogP contribution in [-0.4, -0.2) is 44.1 Å². The summed E-state index contributed by atoms with van der Waals surface area (Å²) in [5.74, 6) is -0.136. The summed E-state index contributed by atoms with van der Waals surface area (Å²) in [5, 5.41) is 2.29. The lowest BCUT2D eigenvalue weighted by Gasteiger charge is -2.13. The molecular formula is C7H14N2O3. The van der Waals surface area contributed by atoms with E-state index >= 15 is 0 Å². The number of methoxy groups -OCH3 is 1. The van der Waals surface area contributed by atoms with Gasteiger partial charge in [0.05, 0.1) is 7.11 Å². The molecule has 0 aromatic heterocycles. The predicted molar refractivity (Wildman–Crippen MR) is 43.7 cm³/mol. The molecule has 0 saturated carbocycles. The summed E-state index contributed by atoms with van der Waals surface area (Å²) in [5.41, 5.74) is 0. The van der Waals surface area contributed by atoms with E-state index in [1.54, 1.807) is 7.05 Å². The normalized spacial score (nSPS) is 8.92. The minimum atomic E-state index is -0.590. The number of alkyl carbamates (subject to hydrolysis) is 1. The number of nitrogens with zero attached hydrogens (tertiary/aromatic N) is 1. The fourth-order valence-electron chi connectivity index (χ4n) is 0.531. The van der Waals surface area contributed by atoms with E-state index in [2.05, 4.69) is 10.1 Å². The van der Waals surface area contributed by atoms with Crippen molar-refractivity contribution in [3.8, 4) is 0 Å². The van der Waals surface area contributed by atoms with Crippen LogP contribution in [0.25, 0.3) is 0 Å². The fourth-order valence-corrected chi connectivity index (χ4v) is 0.531. The van der Waals surface area contributed by atoms with Crippen molar-refractivity contribution in [2.45, 2.75) is 6.92 Å². The summed E-state index contributed by atoms with van der Waals surface area (Å²) >= 11 is 0. The van der Waals surface area contributed by atoms with Crippen molar-refractivity contribution in [3.05, 3.63) is 0 Å². The summed E-state index contributed by atoms with van der Waals surface area (Å²) < 4.78 is 4.29. The number of hydrogen-bond donors (Lipinski definition) is 1. The average molecular weight is 174 g/mol. The van der Waals surface area contributed by atoms with Crippen LogP contribution in [0.15, 0.2) is 0 Å². The van der Waals surface area contributed by atoms with E-state index in [1.807, 2.05) is 6.92 Å². The number of ether oxygens (including phenoxy) is 1. The van der Waals surface area contributed by atoms with Crippen molar-refractivity contribution >= 4 is 12.0 Å². The van der Waals surface area contributed by atoms with Crippen LogP contribution in [0.4, 0.5) is 4.79 Å². The molecule has 0 aliphatic heterocycles. The van der Waals surface area contributed by atoms with Crippen molar-refractivity contribution in [1.29, 1.82) is 0 Å². The maximum Gasteiger partial charge on any atom is 0.407 e. The molecule has 0 aliphatic carbocycles. The van der Waals surface area contributed by atoms with E-state index in [1.165, 1.54) is 12.0 Å². The smallest absolute Gasteiger partial charge is 0.407 e. The third-order valence-corrected chi connectivity index (χ3v) is 1.47. The van der Waals surface area contributed by atoms with Gasteiger partial charge in [-0.15, -0.1) is 0 Å². The molecule has 5 nitrogen and oxygen atoms in total. The molecule has 0 heterocycles. The third kappa shape index (κ3) is 3.80. The maximum atomic E-state index is 11.1. The maximum absolute atomic E-state index is 11.1. The summed E-state index contributed by atoms with van der Waals surface area (Å²) in [6.45, 7) is 2.47. The highest BCUT2D eigenvalue weighted by Gasteiger charge is 2.07. The highest BCUT2D eigenvalue weighted by atomic mass is 16.5. The van der Waals surface area contributed by atoms with Crippen molar-refractivity contribution in [3.63, 3.8) is 0 Å². The number of likely N-dealkylation sites (N-methyl/N-ethyl adjacent to an activating group) is 1. The Balaban J connectivity index is 3.64. The van der Waals surface area contributed by atoms with Crippen molar-refractivity contribution in [2.75, 3.05) is 27.2 Å². The molecule has 2 amide bonds. The van der Waals surface area contributed by atoms with Crippen molar-refractivity contribution < 1.29 is 14.3 Å². The van der Waals surface area contributed by atoms with Gasteiger partial charge in [0, 0.05) is 13.6 Å². The van der Waals surface area contributed by atoms with Gasteiger partial charge < -0.3 is 15.0 Å². The molecule has 1 N–H and O–H groups in total. The van der Waals surface area contributed by atoms with E-state index in [0.29, 0.717) is 6.54 Å². The van der Waals surface area contributed by atoms with E-state index < -0.39 is 6.09 Å². The Hall–Kier alpha value is -1.26. The van der Waals surface area contributed by atoms with Gasteiger partial charge in [-0.1, -0.05) is 0 Å². The molecule has 0 atom stereocenters. The summed E-state index contributed by atoms with van der Waals surface area (Å²) in [7, 11) is 2.92. The highest BCUT2D eigenvalue weighted by Crippen LogP contribution is 1.81. The standard InChI is InChI=1S/C7H14N2O3/c1-4-9(2)6(10)5-8-7(11)12-3/h4-5H2,1-3H3,(H,8,11). The molecule has 0 rings (SSSR count). The quantitative estimate of drug-likeness (QED) is 0.645. The van der Waals surface area contributed by atoms with Crippen LogP contribution in [0.1, 0.15) is 6.92 Å². The second-order valence-electron chi connectivity index (χ2n) is 2.25. The van der Waals surface area contributed by atoms with Crippen molar-refractivity contribution in [1.82, 2.24) is 10.2 Å². The van der Waals surface area contributed by atoms with Gasteiger partial charge in [0.25, 0.3) is 0 Å². The van der Waals surface area contributed by atoms with E-state index in [0.717, 1.165) is 0 Å². The monoisotopic (exact) mass is 174 g/mol.